The van der Waals surface area contributed by atoms with Crippen LogP contribution in [0.1, 0.15) is 51.4 Å². The van der Waals surface area contributed by atoms with E-state index in [0.29, 0.717) is 24.3 Å². The van der Waals surface area contributed by atoms with Crippen LogP contribution in [0.25, 0.3) is 0 Å². The first-order valence-electron chi connectivity index (χ1n) is 7.88. The standard InChI is InChI=1S/C15H28N2O2/c16-9-4-2-1-3-5-15(18)17(14-6-7-14)11-13-8-10-19-12-13/h13-14H,1-12,16H2. The molecule has 110 valence electrons. The lowest BCUT2D eigenvalue weighted by Gasteiger charge is -2.25. The summed E-state index contributed by atoms with van der Waals surface area (Å²) in [6.45, 7) is 3.40. The van der Waals surface area contributed by atoms with Crippen LogP contribution in [0.3, 0.4) is 0 Å². The summed E-state index contributed by atoms with van der Waals surface area (Å²) in [5.41, 5.74) is 5.47. The molecule has 1 heterocycles. The Balaban J connectivity index is 1.67. The molecule has 2 N–H and O–H groups in total. The number of rotatable bonds is 9. The Morgan fingerprint density at radius 2 is 1.95 bits per heavy atom. The zero-order chi connectivity index (χ0) is 13.5. The molecule has 0 aromatic heterocycles. The molecule has 0 radical (unpaired) electrons. The minimum absolute atomic E-state index is 0.363. The SMILES string of the molecule is NCCCCCCC(=O)N(CC1CCOC1)C1CC1. The zero-order valence-electron chi connectivity index (χ0n) is 12.0. The fourth-order valence-electron chi connectivity index (χ4n) is 2.76. The van der Waals surface area contributed by atoms with Gasteiger partial charge in [0.1, 0.15) is 0 Å². The first kappa shape index (κ1) is 14.8. The lowest BCUT2D eigenvalue weighted by molar-refractivity contribution is -0.132. The Hall–Kier alpha value is -0.610. The number of amides is 1. The van der Waals surface area contributed by atoms with Gasteiger partial charge in [-0.15, -0.1) is 0 Å². The minimum Gasteiger partial charge on any atom is -0.381 e. The van der Waals surface area contributed by atoms with Crippen LogP contribution >= 0.6 is 0 Å². The summed E-state index contributed by atoms with van der Waals surface area (Å²) in [6.07, 6.45) is 8.63. The van der Waals surface area contributed by atoms with E-state index < -0.39 is 0 Å². The Bertz CT molecular complexity index is 273. The second-order valence-corrected chi connectivity index (χ2v) is 5.96. The predicted molar refractivity (Wildman–Crippen MR) is 75.8 cm³/mol. The van der Waals surface area contributed by atoms with E-state index in [4.69, 9.17) is 10.5 Å². The summed E-state index contributed by atoms with van der Waals surface area (Å²) in [4.78, 5) is 14.4. The van der Waals surface area contributed by atoms with Gasteiger partial charge in [0, 0.05) is 31.5 Å². The van der Waals surface area contributed by atoms with Crippen molar-refractivity contribution in [2.75, 3.05) is 26.3 Å². The van der Waals surface area contributed by atoms with Gasteiger partial charge in [0.05, 0.1) is 6.61 Å². The molecule has 4 nitrogen and oxygen atoms in total. The molecule has 1 amide bonds. The molecule has 0 bridgehead atoms. The highest BCUT2D eigenvalue weighted by molar-refractivity contribution is 5.76. The fraction of sp³-hybridized carbons (Fsp3) is 0.933. The average Bonchev–Trinajstić information content (AvgIpc) is 3.12. The lowest BCUT2D eigenvalue weighted by atomic mass is 10.1. The van der Waals surface area contributed by atoms with Crippen LogP contribution in [0.5, 0.6) is 0 Å². The number of hydrogen-bond donors (Lipinski definition) is 1. The van der Waals surface area contributed by atoms with Gasteiger partial charge in [0.25, 0.3) is 0 Å². The molecule has 2 rings (SSSR count). The van der Waals surface area contributed by atoms with Crippen LogP contribution in [0.15, 0.2) is 0 Å². The van der Waals surface area contributed by atoms with E-state index >= 15 is 0 Å². The van der Waals surface area contributed by atoms with Crippen LogP contribution in [-0.2, 0) is 9.53 Å². The minimum atomic E-state index is 0.363. The third-order valence-electron chi connectivity index (χ3n) is 4.13. The van der Waals surface area contributed by atoms with Gasteiger partial charge in [-0.3, -0.25) is 4.79 Å². The van der Waals surface area contributed by atoms with Gasteiger partial charge in [-0.25, -0.2) is 0 Å². The Morgan fingerprint density at radius 1 is 1.16 bits per heavy atom. The smallest absolute Gasteiger partial charge is 0.222 e. The molecule has 2 fully saturated rings. The maximum atomic E-state index is 12.3. The van der Waals surface area contributed by atoms with Gasteiger partial charge in [-0.2, -0.15) is 0 Å². The summed E-state index contributed by atoms with van der Waals surface area (Å²) < 4.78 is 5.41. The maximum absolute atomic E-state index is 12.3. The van der Waals surface area contributed by atoms with Crippen molar-refractivity contribution in [3.05, 3.63) is 0 Å². The van der Waals surface area contributed by atoms with Gasteiger partial charge in [0.15, 0.2) is 0 Å². The van der Waals surface area contributed by atoms with Gasteiger partial charge < -0.3 is 15.4 Å². The largest absolute Gasteiger partial charge is 0.381 e. The summed E-state index contributed by atoms with van der Waals surface area (Å²) in [7, 11) is 0. The normalized spacial score (nSPS) is 22.7. The molecule has 4 heteroatoms. The number of hydrogen-bond acceptors (Lipinski definition) is 3. The van der Waals surface area contributed by atoms with Crippen molar-refractivity contribution in [1.29, 1.82) is 0 Å². The summed E-state index contributed by atoms with van der Waals surface area (Å²) in [5.74, 6) is 0.934. The van der Waals surface area contributed by atoms with Crippen LogP contribution in [0, 0.1) is 5.92 Å². The monoisotopic (exact) mass is 268 g/mol. The molecule has 1 aliphatic heterocycles. The van der Waals surface area contributed by atoms with Crippen molar-refractivity contribution >= 4 is 5.91 Å². The summed E-state index contributed by atoms with van der Waals surface area (Å²) in [5, 5.41) is 0. The summed E-state index contributed by atoms with van der Waals surface area (Å²) >= 11 is 0. The topological polar surface area (TPSA) is 55.6 Å². The molecule has 1 unspecified atom stereocenters. The van der Waals surface area contributed by atoms with Crippen LogP contribution in [0.2, 0.25) is 0 Å². The molecule has 1 saturated heterocycles. The third kappa shape index (κ3) is 5.11. The highest BCUT2D eigenvalue weighted by Crippen LogP contribution is 2.29. The van der Waals surface area contributed by atoms with E-state index in [-0.39, 0.29) is 0 Å². The second-order valence-electron chi connectivity index (χ2n) is 5.96. The number of unbranched alkanes of at least 4 members (excludes halogenated alkanes) is 3. The lowest BCUT2D eigenvalue weighted by Crippen LogP contribution is -2.37. The van der Waals surface area contributed by atoms with Gasteiger partial charge in [-0.05, 0) is 38.6 Å². The molecule has 1 saturated carbocycles. The highest BCUT2D eigenvalue weighted by atomic mass is 16.5. The molecule has 0 aromatic carbocycles. The molecule has 2 aliphatic rings. The van der Waals surface area contributed by atoms with Crippen LogP contribution < -0.4 is 5.73 Å². The van der Waals surface area contributed by atoms with Gasteiger partial charge >= 0.3 is 0 Å². The van der Waals surface area contributed by atoms with E-state index in [1.165, 1.54) is 12.8 Å². The number of carbonyl (C=O) groups excluding carboxylic acids is 1. The Kier molecular flexibility index (Phi) is 6.11. The van der Waals surface area contributed by atoms with E-state index in [2.05, 4.69) is 4.90 Å². The molecule has 1 atom stereocenters. The van der Waals surface area contributed by atoms with Gasteiger partial charge in [-0.1, -0.05) is 12.8 Å². The first-order chi connectivity index (χ1) is 9.31. The number of carbonyl (C=O) groups is 1. The van der Waals surface area contributed by atoms with E-state index in [1.807, 2.05) is 0 Å². The van der Waals surface area contributed by atoms with E-state index in [1.54, 1.807) is 0 Å². The van der Waals surface area contributed by atoms with Gasteiger partial charge in [0.2, 0.25) is 5.91 Å². The third-order valence-corrected chi connectivity index (χ3v) is 4.13. The molecule has 0 aromatic rings. The van der Waals surface area contributed by atoms with Crippen molar-refractivity contribution in [1.82, 2.24) is 4.90 Å². The number of nitrogens with zero attached hydrogens (tertiary/aromatic N) is 1. The Morgan fingerprint density at radius 3 is 2.58 bits per heavy atom. The van der Waals surface area contributed by atoms with Crippen molar-refractivity contribution in [3.8, 4) is 0 Å². The molecule has 1 aliphatic carbocycles. The van der Waals surface area contributed by atoms with E-state index in [0.717, 1.165) is 58.4 Å². The van der Waals surface area contributed by atoms with Crippen LogP contribution in [0.4, 0.5) is 0 Å². The van der Waals surface area contributed by atoms with Crippen molar-refractivity contribution < 1.29 is 9.53 Å². The van der Waals surface area contributed by atoms with Crippen molar-refractivity contribution in [3.63, 3.8) is 0 Å². The summed E-state index contributed by atoms with van der Waals surface area (Å²) in [6, 6.07) is 0.539. The number of ether oxygens (including phenoxy) is 1. The maximum Gasteiger partial charge on any atom is 0.222 e. The van der Waals surface area contributed by atoms with Crippen molar-refractivity contribution in [2.24, 2.45) is 11.7 Å². The quantitative estimate of drug-likeness (QED) is 0.650. The van der Waals surface area contributed by atoms with E-state index in [9.17, 15) is 4.79 Å². The highest BCUT2D eigenvalue weighted by Gasteiger charge is 2.34. The number of nitrogens with two attached hydrogens (primary N) is 1. The second kappa shape index (κ2) is 7.85. The Labute approximate surface area is 116 Å². The van der Waals surface area contributed by atoms with Crippen LogP contribution in [-0.4, -0.2) is 43.2 Å². The first-order valence-corrected chi connectivity index (χ1v) is 7.88. The molecule has 19 heavy (non-hydrogen) atoms. The zero-order valence-corrected chi connectivity index (χ0v) is 12.0. The fourth-order valence-corrected chi connectivity index (χ4v) is 2.76. The molecular formula is C15H28N2O2. The average molecular weight is 268 g/mol. The van der Waals surface area contributed by atoms with Crippen molar-refractivity contribution in [2.45, 2.75) is 57.4 Å². The molecule has 0 spiro atoms. The predicted octanol–water partition coefficient (Wildman–Crippen LogP) is 1.92. The molecular weight excluding hydrogens is 240 g/mol.